The molecule has 1 aliphatic heterocycles. The average molecular weight is 362 g/mol. The Morgan fingerprint density at radius 3 is 2.48 bits per heavy atom. The summed E-state index contributed by atoms with van der Waals surface area (Å²) in [6.07, 6.45) is -3.63. The van der Waals surface area contributed by atoms with Gasteiger partial charge in [-0.2, -0.15) is 13.2 Å². The second-order valence-corrected chi connectivity index (χ2v) is 6.05. The zero-order valence-corrected chi connectivity index (χ0v) is 13.9. The Morgan fingerprint density at radius 1 is 1.08 bits per heavy atom. The van der Waals surface area contributed by atoms with Crippen LogP contribution in [0.25, 0.3) is 0 Å². The van der Waals surface area contributed by atoms with Crippen molar-refractivity contribution in [1.82, 2.24) is 9.80 Å². The Kier molecular flexibility index (Phi) is 7.19. The van der Waals surface area contributed by atoms with Gasteiger partial charge in [-0.15, -0.1) is 0 Å². The molecule has 8 heteroatoms. The lowest BCUT2D eigenvalue weighted by Gasteiger charge is -2.22. The Labute approximate surface area is 144 Å². The Hall–Kier alpha value is -1.67. The molecule has 0 radical (unpaired) electrons. The molecule has 1 aromatic carbocycles. The highest BCUT2D eigenvalue weighted by Crippen LogP contribution is 2.15. The molecule has 1 fully saturated rings. The first-order valence-corrected chi connectivity index (χ1v) is 8.22. The molecular formula is C17H22F4N2O2. The molecular weight excluding hydrogens is 340 g/mol. The van der Waals surface area contributed by atoms with Gasteiger partial charge in [-0.3, -0.25) is 9.69 Å². The lowest BCUT2D eigenvalue weighted by molar-refractivity contribution is -0.175. The van der Waals surface area contributed by atoms with Crippen molar-refractivity contribution in [2.45, 2.75) is 25.6 Å². The van der Waals surface area contributed by atoms with Gasteiger partial charge in [-0.25, -0.2) is 4.39 Å². The van der Waals surface area contributed by atoms with Crippen molar-refractivity contribution in [1.29, 1.82) is 0 Å². The molecule has 0 aromatic heterocycles. The Balaban J connectivity index is 1.72. The molecule has 4 nitrogen and oxygen atoms in total. The predicted octanol–water partition coefficient (Wildman–Crippen LogP) is 2.83. The summed E-state index contributed by atoms with van der Waals surface area (Å²) in [6, 6.07) is 6.32. The average Bonchev–Trinajstić information content (AvgIpc) is 2.78. The van der Waals surface area contributed by atoms with E-state index >= 15 is 0 Å². The topological polar surface area (TPSA) is 32.8 Å². The molecule has 2 rings (SSSR count). The third-order valence-corrected chi connectivity index (χ3v) is 3.99. The summed E-state index contributed by atoms with van der Waals surface area (Å²) in [5.41, 5.74) is 1.00. The molecule has 1 aliphatic rings. The van der Waals surface area contributed by atoms with Crippen molar-refractivity contribution in [3.8, 4) is 0 Å². The van der Waals surface area contributed by atoms with Crippen molar-refractivity contribution >= 4 is 5.91 Å². The minimum atomic E-state index is -4.37. The molecule has 0 saturated carbocycles. The summed E-state index contributed by atoms with van der Waals surface area (Å²) < 4.78 is 53.4. The van der Waals surface area contributed by atoms with E-state index in [-0.39, 0.29) is 24.8 Å². The van der Waals surface area contributed by atoms with Crippen LogP contribution in [0.1, 0.15) is 18.4 Å². The van der Waals surface area contributed by atoms with E-state index in [1.807, 2.05) is 0 Å². The number of halogens is 4. The highest BCUT2D eigenvalue weighted by Gasteiger charge is 2.27. The fourth-order valence-electron chi connectivity index (χ4n) is 2.73. The predicted molar refractivity (Wildman–Crippen MR) is 84.4 cm³/mol. The smallest absolute Gasteiger partial charge is 0.372 e. The van der Waals surface area contributed by atoms with Crippen molar-refractivity contribution in [3.05, 3.63) is 35.6 Å². The largest absolute Gasteiger partial charge is 0.411 e. The zero-order valence-electron chi connectivity index (χ0n) is 13.9. The van der Waals surface area contributed by atoms with Crippen molar-refractivity contribution in [2.75, 3.05) is 39.4 Å². The van der Waals surface area contributed by atoms with Gasteiger partial charge in [-0.05, 0) is 24.1 Å². The van der Waals surface area contributed by atoms with Crippen LogP contribution in [0.5, 0.6) is 0 Å². The van der Waals surface area contributed by atoms with E-state index in [0.29, 0.717) is 26.2 Å². The van der Waals surface area contributed by atoms with E-state index in [9.17, 15) is 22.4 Å². The monoisotopic (exact) mass is 362 g/mol. The SMILES string of the molecule is O=C(CCOCC(F)(F)F)N1CCCN(Cc2ccc(F)cc2)CC1. The van der Waals surface area contributed by atoms with E-state index in [1.54, 1.807) is 17.0 Å². The van der Waals surface area contributed by atoms with Crippen LogP contribution in [0.4, 0.5) is 17.6 Å². The highest BCUT2D eigenvalue weighted by atomic mass is 19.4. The molecule has 25 heavy (non-hydrogen) atoms. The molecule has 0 atom stereocenters. The molecule has 0 aliphatic carbocycles. The molecule has 1 aromatic rings. The molecule has 0 bridgehead atoms. The number of nitrogens with zero attached hydrogens (tertiary/aromatic N) is 2. The van der Waals surface area contributed by atoms with Crippen LogP contribution in [-0.2, 0) is 16.1 Å². The van der Waals surface area contributed by atoms with Crippen LogP contribution in [0.15, 0.2) is 24.3 Å². The van der Waals surface area contributed by atoms with Gasteiger partial charge in [0.25, 0.3) is 0 Å². The second kappa shape index (κ2) is 9.15. The van der Waals surface area contributed by atoms with Crippen LogP contribution in [0.3, 0.4) is 0 Å². The molecule has 0 unspecified atom stereocenters. The van der Waals surface area contributed by atoms with Crippen LogP contribution in [0.2, 0.25) is 0 Å². The van der Waals surface area contributed by atoms with E-state index < -0.39 is 12.8 Å². The third kappa shape index (κ3) is 7.39. The third-order valence-electron chi connectivity index (χ3n) is 3.99. The number of alkyl halides is 3. The maximum Gasteiger partial charge on any atom is 0.411 e. The quantitative estimate of drug-likeness (QED) is 0.576. The summed E-state index contributed by atoms with van der Waals surface area (Å²) in [5.74, 6) is -0.463. The number of rotatable bonds is 6. The fourth-order valence-corrected chi connectivity index (χ4v) is 2.73. The highest BCUT2D eigenvalue weighted by molar-refractivity contribution is 5.76. The van der Waals surface area contributed by atoms with E-state index in [0.717, 1.165) is 18.5 Å². The summed E-state index contributed by atoms with van der Waals surface area (Å²) in [4.78, 5) is 15.9. The van der Waals surface area contributed by atoms with Crippen LogP contribution >= 0.6 is 0 Å². The first-order valence-electron chi connectivity index (χ1n) is 8.22. The number of carbonyl (C=O) groups excluding carboxylic acids is 1. The first kappa shape index (κ1) is 19.7. The Morgan fingerprint density at radius 2 is 1.80 bits per heavy atom. The van der Waals surface area contributed by atoms with E-state index in [4.69, 9.17) is 0 Å². The molecule has 1 amide bonds. The Bertz CT molecular complexity index is 549. The number of amides is 1. The van der Waals surface area contributed by atoms with Crippen molar-refractivity contribution < 1.29 is 27.1 Å². The number of benzene rings is 1. The lowest BCUT2D eigenvalue weighted by Crippen LogP contribution is -2.35. The molecule has 1 saturated heterocycles. The van der Waals surface area contributed by atoms with Gasteiger partial charge >= 0.3 is 6.18 Å². The normalized spacial score (nSPS) is 16.7. The van der Waals surface area contributed by atoms with Gasteiger partial charge in [-0.1, -0.05) is 12.1 Å². The van der Waals surface area contributed by atoms with Gasteiger partial charge in [0.05, 0.1) is 13.0 Å². The van der Waals surface area contributed by atoms with E-state index in [2.05, 4.69) is 9.64 Å². The number of hydrogen-bond donors (Lipinski definition) is 0. The molecule has 1 heterocycles. The molecule has 0 spiro atoms. The summed E-state index contributed by atoms with van der Waals surface area (Å²) >= 11 is 0. The van der Waals surface area contributed by atoms with Crippen molar-refractivity contribution in [3.63, 3.8) is 0 Å². The molecule has 140 valence electrons. The van der Waals surface area contributed by atoms with Crippen LogP contribution in [-0.4, -0.2) is 61.3 Å². The van der Waals surface area contributed by atoms with Gasteiger partial charge in [0.15, 0.2) is 0 Å². The zero-order chi connectivity index (χ0) is 18.3. The lowest BCUT2D eigenvalue weighted by atomic mass is 10.2. The number of ether oxygens (including phenoxy) is 1. The van der Waals surface area contributed by atoms with Gasteiger partial charge in [0, 0.05) is 32.7 Å². The van der Waals surface area contributed by atoms with Crippen LogP contribution < -0.4 is 0 Å². The fraction of sp³-hybridized carbons (Fsp3) is 0.588. The maximum atomic E-state index is 12.9. The first-order chi connectivity index (χ1) is 11.8. The van der Waals surface area contributed by atoms with Crippen molar-refractivity contribution in [2.24, 2.45) is 0 Å². The number of hydrogen-bond acceptors (Lipinski definition) is 3. The van der Waals surface area contributed by atoms with Gasteiger partial charge < -0.3 is 9.64 Å². The minimum absolute atomic E-state index is 0.0476. The second-order valence-electron chi connectivity index (χ2n) is 6.05. The minimum Gasteiger partial charge on any atom is -0.372 e. The number of carbonyl (C=O) groups is 1. The summed E-state index contributed by atoms with van der Waals surface area (Å²) in [5, 5.41) is 0. The van der Waals surface area contributed by atoms with Crippen LogP contribution in [0, 0.1) is 5.82 Å². The maximum absolute atomic E-state index is 12.9. The summed E-state index contributed by atoms with van der Waals surface area (Å²) in [6.45, 7) is 1.71. The van der Waals surface area contributed by atoms with Gasteiger partial charge in [0.2, 0.25) is 5.91 Å². The summed E-state index contributed by atoms with van der Waals surface area (Å²) in [7, 11) is 0. The standard InChI is InChI=1S/C17H22F4N2O2/c18-15-4-2-14(3-5-15)12-22-7-1-8-23(10-9-22)16(24)6-11-25-13-17(19,20)21/h2-5H,1,6-13H2. The molecule has 0 N–H and O–H groups in total. The van der Waals surface area contributed by atoms with Gasteiger partial charge in [0.1, 0.15) is 12.4 Å². The van der Waals surface area contributed by atoms with E-state index in [1.165, 1.54) is 12.1 Å².